The van der Waals surface area contributed by atoms with Crippen LogP contribution in [0, 0.1) is 19.3 Å². The van der Waals surface area contributed by atoms with Crippen LogP contribution in [0.5, 0.6) is 0 Å². The van der Waals surface area contributed by atoms with Gasteiger partial charge in [-0.25, -0.2) is 9.78 Å². The number of imidazole rings is 1. The van der Waals surface area contributed by atoms with Gasteiger partial charge >= 0.3 is 11.6 Å². The lowest BCUT2D eigenvalue weighted by atomic mass is 9.76. The molecule has 2 fully saturated rings. The molecule has 0 aromatic carbocycles. The van der Waals surface area contributed by atoms with Gasteiger partial charge in [0, 0.05) is 38.0 Å². The molecule has 0 bridgehead atoms. The Bertz CT molecular complexity index is 928. The van der Waals surface area contributed by atoms with Crippen LogP contribution in [0.15, 0.2) is 34.0 Å². The first kappa shape index (κ1) is 18.5. The Hall–Kier alpha value is -2.90. The van der Waals surface area contributed by atoms with Gasteiger partial charge in [-0.3, -0.25) is 9.59 Å². The predicted molar refractivity (Wildman–Crippen MR) is 98.7 cm³/mol. The van der Waals surface area contributed by atoms with Gasteiger partial charge in [-0.05, 0) is 32.3 Å². The van der Waals surface area contributed by atoms with Crippen LogP contribution < -0.4 is 5.63 Å². The molecule has 8 nitrogen and oxygen atoms in total. The summed E-state index contributed by atoms with van der Waals surface area (Å²) in [5, 5.41) is 0. The summed E-state index contributed by atoms with van der Waals surface area (Å²) < 4.78 is 12.6. The minimum atomic E-state index is -0.518. The number of hydrogen-bond donors (Lipinski definition) is 0. The van der Waals surface area contributed by atoms with E-state index < -0.39 is 11.0 Å². The highest BCUT2D eigenvalue weighted by atomic mass is 16.6. The van der Waals surface area contributed by atoms with Crippen molar-refractivity contribution in [2.45, 2.75) is 45.8 Å². The number of cyclic esters (lactones) is 1. The molecule has 4 rings (SSSR count). The van der Waals surface area contributed by atoms with Gasteiger partial charge in [-0.1, -0.05) is 0 Å². The summed E-state index contributed by atoms with van der Waals surface area (Å²) in [6.45, 7) is 4.91. The molecule has 4 heterocycles. The third kappa shape index (κ3) is 3.23. The van der Waals surface area contributed by atoms with Crippen molar-refractivity contribution in [1.82, 2.24) is 14.5 Å². The molecule has 2 saturated heterocycles. The number of aromatic nitrogens is 2. The first-order valence-corrected chi connectivity index (χ1v) is 9.45. The molecule has 0 radical (unpaired) electrons. The van der Waals surface area contributed by atoms with E-state index in [-0.39, 0.29) is 18.0 Å². The molecule has 0 saturated carbocycles. The van der Waals surface area contributed by atoms with Crippen LogP contribution >= 0.6 is 0 Å². The Morgan fingerprint density at radius 1 is 1.29 bits per heavy atom. The zero-order valence-corrected chi connectivity index (χ0v) is 16.0. The van der Waals surface area contributed by atoms with Crippen LogP contribution in [-0.4, -0.2) is 45.5 Å². The normalized spacial score (nSPS) is 21.1. The fourth-order valence-electron chi connectivity index (χ4n) is 4.35. The van der Waals surface area contributed by atoms with Gasteiger partial charge in [-0.15, -0.1) is 0 Å². The van der Waals surface area contributed by atoms with E-state index in [2.05, 4.69) is 4.98 Å². The monoisotopic (exact) mass is 385 g/mol. The zero-order valence-electron chi connectivity index (χ0n) is 16.0. The smallest absolute Gasteiger partial charge is 0.336 e. The molecule has 2 aromatic heterocycles. The summed E-state index contributed by atoms with van der Waals surface area (Å²) in [7, 11) is 0. The van der Waals surface area contributed by atoms with E-state index >= 15 is 0 Å². The number of nitrogens with zero attached hydrogens (tertiary/aromatic N) is 3. The molecule has 8 heteroatoms. The third-order valence-corrected chi connectivity index (χ3v) is 5.85. The third-order valence-electron chi connectivity index (χ3n) is 5.85. The van der Waals surface area contributed by atoms with Crippen molar-refractivity contribution in [3.8, 4) is 0 Å². The number of ether oxygens (including phenoxy) is 1. The second kappa shape index (κ2) is 6.92. The quantitative estimate of drug-likeness (QED) is 0.747. The Morgan fingerprint density at radius 3 is 2.68 bits per heavy atom. The van der Waals surface area contributed by atoms with E-state index in [1.807, 2.05) is 10.8 Å². The number of esters is 1. The average Bonchev–Trinajstić information content (AvgIpc) is 3.23. The van der Waals surface area contributed by atoms with Crippen LogP contribution in [0.4, 0.5) is 0 Å². The molecule has 1 spiro atoms. The minimum Gasteiger partial charge on any atom is -0.460 e. The number of carbonyl (C=O) groups excluding carboxylic acids is 2. The van der Waals surface area contributed by atoms with Crippen LogP contribution in [-0.2, 0) is 16.1 Å². The standard InChI is InChI=1S/C20H23N3O5/c1-13-9-16(24)27-14(2)17(13)18(25)23-6-3-20(4-7-23)10-15(28-19(20)26)11-22-8-5-21-12-22/h5,8-9,12,15H,3-4,6-7,10-11H2,1-2H3. The number of aryl methyl sites for hydroxylation is 2. The maximum Gasteiger partial charge on any atom is 0.336 e. The summed E-state index contributed by atoms with van der Waals surface area (Å²) >= 11 is 0. The summed E-state index contributed by atoms with van der Waals surface area (Å²) in [5.74, 6) is 0.00803. The van der Waals surface area contributed by atoms with Gasteiger partial charge in [0.2, 0.25) is 0 Å². The van der Waals surface area contributed by atoms with Crippen molar-refractivity contribution in [3.05, 3.63) is 52.1 Å². The average molecular weight is 385 g/mol. The molecule has 2 aliphatic rings. The number of hydrogen-bond acceptors (Lipinski definition) is 6. The van der Waals surface area contributed by atoms with Crippen molar-refractivity contribution >= 4 is 11.9 Å². The summed E-state index contributed by atoms with van der Waals surface area (Å²) in [4.78, 5) is 42.7. The maximum absolute atomic E-state index is 13.0. The largest absolute Gasteiger partial charge is 0.460 e. The Labute approximate surface area is 162 Å². The first-order chi connectivity index (χ1) is 13.4. The van der Waals surface area contributed by atoms with E-state index in [1.165, 1.54) is 6.07 Å². The van der Waals surface area contributed by atoms with Crippen LogP contribution in [0.25, 0.3) is 0 Å². The van der Waals surface area contributed by atoms with E-state index in [0.717, 1.165) is 0 Å². The number of rotatable bonds is 3. The van der Waals surface area contributed by atoms with Gasteiger partial charge < -0.3 is 18.6 Å². The summed E-state index contributed by atoms with van der Waals surface area (Å²) in [6.07, 6.45) is 6.90. The van der Waals surface area contributed by atoms with E-state index in [1.54, 1.807) is 31.3 Å². The molecule has 28 heavy (non-hydrogen) atoms. The van der Waals surface area contributed by atoms with E-state index in [0.29, 0.717) is 55.8 Å². The summed E-state index contributed by atoms with van der Waals surface area (Å²) in [6, 6.07) is 1.33. The Balaban J connectivity index is 1.44. The lowest BCUT2D eigenvalue weighted by molar-refractivity contribution is -0.150. The van der Waals surface area contributed by atoms with Gasteiger partial charge in [0.05, 0.1) is 23.9 Å². The molecular formula is C20H23N3O5. The number of piperidine rings is 1. The van der Waals surface area contributed by atoms with Gasteiger partial charge in [-0.2, -0.15) is 0 Å². The molecule has 2 aliphatic heterocycles. The molecule has 0 N–H and O–H groups in total. The molecule has 1 amide bonds. The van der Waals surface area contributed by atoms with Crippen molar-refractivity contribution in [3.63, 3.8) is 0 Å². The van der Waals surface area contributed by atoms with E-state index in [9.17, 15) is 14.4 Å². The van der Waals surface area contributed by atoms with Crippen molar-refractivity contribution in [2.24, 2.45) is 5.41 Å². The van der Waals surface area contributed by atoms with Crippen molar-refractivity contribution in [1.29, 1.82) is 0 Å². The lowest BCUT2D eigenvalue weighted by Crippen LogP contribution is -2.45. The molecule has 2 aromatic rings. The number of carbonyl (C=O) groups is 2. The maximum atomic E-state index is 13.0. The Kier molecular flexibility index (Phi) is 4.56. The second-order valence-corrected chi connectivity index (χ2v) is 7.74. The first-order valence-electron chi connectivity index (χ1n) is 9.45. The predicted octanol–water partition coefficient (Wildman–Crippen LogP) is 1.69. The SMILES string of the molecule is Cc1cc(=O)oc(C)c1C(=O)N1CCC2(CC1)CC(Cn1ccnc1)OC2=O. The fraction of sp³-hybridized carbons (Fsp3) is 0.500. The molecule has 1 atom stereocenters. The summed E-state index contributed by atoms with van der Waals surface area (Å²) in [5.41, 5.74) is 0.0686. The highest BCUT2D eigenvalue weighted by molar-refractivity contribution is 5.96. The lowest BCUT2D eigenvalue weighted by Gasteiger charge is -2.36. The van der Waals surface area contributed by atoms with E-state index in [4.69, 9.17) is 9.15 Å². The number of amides is 1. The number of likely N-dealkylation sites (tertiary alicyclic amines) is 1. The minimum absolute atomic E-state index is 0.157. The van der Waals surface area contributed by atoms with Crippen LogP contribution in [0.2, 0.25) is 0 Å². The van der Waals surface area contributed by atoms with Crippen LogP contribution in [0.3, 0.4) is 0 Å². The topological polar surface area (TPSA) is 94.6 Å². The van der Waals surface area contributed by atoms with Gasteiger partial charge in [0.15, 0.2) is 0 Å². The molecule has 0 aliphatic carbocycles. The van der Waals surface area contributed by atoms with Crippen LogP contribution in [0.1, 0.15) is 40.9 Å². The zero-order chi connectivity index (χ0) is 19.9. The molecular weight excluding hydrogens is 362 g/mol. The van der Waals surface area contributed by atoms with Crippen molar-refractivity contribution < 1.29 is 18.7 Å². The Morgan fingerprint density at radius 2 is 2.04 bits per heavy atom. The second-order valence-electron chi connectivity index (χ2n) is 7.74. The van der Waals surface area contributed by atoms with Gasteiger partial charge in [0.25, 0.3) is 5.91 Å². The molecule has 1 unspecified atom stereocenters. The highest BCUT2D eigenvalue weighted by Gasteiger charge is 2.51. The highest BCUT2D eigenvalue weighted by Crippen LogP contribution is 2.43. The molecule has 148 valence electrons. The van der Waals surface area contributed by atoms with Gasteiger partial charge in [0.1, 0.15) is 11.9 Å². The van der Waals surface area contributed by atoms with Crippen molar-refractivity contribution in [2.75, 3.05) is 13.1 Å². The fourth-order valence-corrected chi connectivity index (χ4v) is 4.35.